The van der Waals surface area contributed by atoms with Gasteiger partial charge in [0.15, 0.2) is 23.0 Å². The average molecular weight is 589 g/mol. The third-order valence-corrected chi connectivity index (χ3v) is 4.05. The molecule has 2 aromatic rings. The maximum atomic E-state index is 9.66. The van der Waals surface area contributed by atoms with Gasteiger partial charge in [0, 0.05) is 47.7 Å². The average Bonchev–Trinajstić information content (AvgIpc) is 2.88. The summed E-state index contributed by atoms with van der Waals surface area (Å²) in [4.78, 5) is 19.3. The van der Waals surface area contributed by atoms with E-state index in [0.717, 1.165) is 0 Å². The fraction of sp³-hybridized carbons (Fsp3) is 0.357. The van der Waals surface area contributed by atoms with Crippen molar-refractivity contribution < 1.29 is 70.7 Å². The zero-order chi connectivity index (χ0) is 29.7. The van der Waals surface area contributed by atoms with E-state index in [1.807, 2.05) is 0 Å². The number of aliphatic hydroxyl groups is 2. The number of carbonyl (C=O) groups excluding carboxylic acids is 2. The molecule has 11 heteroatoms. The van der Waals surface area contributed by atoms with Crippen LogP contribution < -0.4 is 18.9 Å². The third kappa shape index (κ3) is 17.0. The zero-order valence-corrected chi connectivity index (χ0v) is 25.5. The number of allylic oxidation sites excluding steroid dienone is 4. The second kappa shape index (κ2) is 23.8. The number of ether oxygens (including phenoxy) is 4. The molecule has 0 unspecified atom stereocenters. The van der Waals surface area contributed by atoms with Crippen LogP contribution in [0.3, 0.4) is 0 Å². The van der Waals surface area contributed by atoms with Crippen LogP contribution in [0.4, 0.5) is 0 Å². The predicted octanol–water partition coefficient (Wildman–Crippen LogP) is 3.58. The second-order valence-corrected chi connectivity index (χ2v) is 7.19. The van der Waals surface area contributed by atoms with E-state index < -0.39 is 0 Å². The molecule has 2 aromatic carbocycles. The molecular weight excluding hydrogens is 544 g/mol. The summed E-state index contributed by atoms with van der Waals surface area (Å²) < 4.78 is 20.3. The Labute approximate surface area is 245 Å². The first-order chi connectivity index (χ1) is 18.0. The van der Waals surface area contributed by atoms with Crippen molar-refractivity contribution in [3.63, 3.8) is 0 Å². The van der Waals surface area contributed by atoms with E-state index in [1.165, 1.54) is 40.2 Å². The van der Waals surface area contributed by atoms with Gasteiger partial charge in [0.05, 0.1) is 63.2 Å². The van der Waals surface area contributed by atoms with E-state index in [9.17, 15) is 9.59 Å². The van der Waals surface area contributed by atoms with Crippen LogP contribution in [0.25, 0.3) is 0 Å². The molecule has 0 saturated carbocycles. The van der Waals surface area contributed by atoms with Crippen LogP contribution in [0.15, 0.2) is 60.1 Å². The van der Waals surface area contributed by atoms with E-state index in [4.69, 9.17) is 39.4 Å². The number of methoxy groups -OCH3 is 4. The molecule has 0 amide bonds. The Bertz CT molecular complexity index is 957. The van der Waals surface area contributed by atoms with Gasteiger partial charge in [-0.15, -0.1) is 0 Å². The Hall–Kier alpha value is -3.31. The number of hydrogen-bond donors (Lipinski definition) is 2. The summed E-state index contributed by atoms with van der Waals surface area (Å²) >= 11 is 0. The Morgan fingerprint density at radius 1 is 0.667 bits per heavy atom. The van der Waals surface area contributed by atoms with Gasteiger partial charge in [-0.3, -0.25) is 9.59 Å². The molecule has 39 heavy (non-hydrogen) atoms. The van der Waals surface area contributed by atoms with E-state index in [0.29, 0.717) is 47.3 Å². The summed E-state index contributed by atoms with van der Waals surface area (Å²) in [6, 6.07) is 9.99. The molecular formula is C28H44O10Ti+4. The summed E-state index contributed by atoms with van der Waals surface area (Å²) in [6.07, 6.45) is 2.53. The van der Waals surface area contributed by atoms with Crippen molar-refractivity contribution in [3.8, 4) is 23.0 Å². The molecule has 0 fully saturated rings. The smallest absolute Gasteiger partial charge is 0.350 e. The molecule has 8 N–H and O–H groups in total. The summed E-state index contributed by atoms with van der Waals surface area (Å²) in [5.41, 5.74) is 1.09. The molecule has 0 aliphatic rings. The number of benzene rings is 2. The van der Waals surface area contributed by atoms with Crippen LogP contribution in [0.2, 0.25) is 0 Å². The summed E-state index contributed by atoms with van der Waals surface area (Å²) in [6.45, 7) is 7.55. The Kier molecular flexibility index (Phi) is 24.5. The molecule has 0 aromatic heterocycles. The second-order valence-electron chi connectivity index (χ2n) is 7.19. The molecule has 0 bridgehead atoms. The summed E-state index contributed by atoms with van der Waals surface area (Å²) in [7, 11) is 6.12. The van der Waals surface area contributed by atoms with Crippen LogP contribution in [-0.2, 0) is 21.7 Å². The molecule has 0 heterocycles. The molecule has 0 atom stereocenters. The number of rotatable bonds is 8. The van der Waals surface area contributed by atoms with Crippen LogP contribution in [-0.4, -0.2) is 83.2 Å². The van der Waals surface area contributed by atoms with Crippen molar-refractivity contribution >= 4 is 11.6 Å². The van der Waals surface area contributed by atoms with Crippen LogP contribution in [0.1, 0.15) is 38.8 Å². The standard InChI is InChI=1S/2C12H14O4.2C2H6O.Ti/c2*1-8(13)6-10(14)9-4-5-11(15-2)12(7-9)16-3;2*1-2-3;/h2*4-7,13H,1-3H3;2*3H,2H2,1H3;/p+4/b2*8-6-;;;. The molecule has 0 spiro atoms. The van der Waals surface area contributed by atoms with Crippen molar-refractivity contribution in [1.82, 2.24) is 0 Å². The molecule has 216 valence electrons. The van der Waals surface area contributed by atoms with Gasteiger partial charge in [0.2, 0.25) is 0 Å². The van der Waals surface area contributed by atoms with Crippen molar-refractivity contribution in [1.29, 1.82) is 0 Å². The molecule has 0 aliphatic heterocycles. The predicted molar refractivity (Wildman–Crippen MR) is 152 cm³/mol. The van der Waals surface area contributed by atoms with Gasteiger partial charge in [0.1, 0.15) is 13.2 Å². The van der Waals surface area contributed by atoms with Gasteiger partial charge >= 0.3 is 11.6 Å². The van der Waals surface area contributed by atoms with E-state index >= 15 is 0 Å². The first-order valence-corrected chi connectivity index (χ1v) is 11.6. The van der Waals surface area contributed by atoms with Crippen LogP contribution in [0.5, 0.6) is 23.0 Å². The van der Waals surface area contributed by atoms with Gasteiger partial charge in [-0.1, -0.05) is 0 Å². The van der Waals surface area contributed by atoms with Gasteiger partial charge in [-0.25, -0.2) is 0 Å². The fourth-order valence-electron chi connectivity index (χ4n) is 2.55. The van der Waals surface area contributed by atoms with Gasteiger partial charge < -0.3 is 39.4 Å². The number of aliphatic hydroxyl groups excluding tert-OH is 2. The van der Waals surface area contributed by atoms with Crippen molar-refractivity contribution in [2.24, 2.45) is 0 Å². The van der Waals surface area contributed by atoms with E-state index in [-0.39, 0.29) is 44.8 Å². The monoisotopic (exact) mass is 588 g/mol. The third-order valence-electron chi connectivity index (χ3n) is 4.05. The van der Waals surface area contributed by atoms with E-state index in [1.54, 1.807) is 64.5 Å². The van der Waals surface area contributed by atoms with Crippen molar-refractivity contribution in [3.05, 3.63) is 71.2 Å². The van der Waals surface area contributed by atoms with Crippen molar-refractivity contribution in [2.45, 2.75) is 27.7 Å². The topological polar surface area (TPSA) is 166 Å². The maximum Gasteiger partial charge on any atom is 0.350 e. The Morgan fingerprint density at radius 3 is 1.13 bits per heavy atom. The van der Waals surface area contributed by atoms with Crippen molar-refractivity contribution in [2.75, 3.05) is 41.7 Å². The first kappa shape index (κ1) is 40.2. The quantitative estimate of drug-likeness (QED) is 0.157. The summed E-state index contributed by atoms with van der Waals surface area (Å²) in [5.74, 6) is 2.24. The van der Waals surface area contributed by atoms with Crippen LogP contribution >= 0.6 is 0 Å². The van der Waals surface area contributed by atoms with Gasteiger partial charge in [-0.2, -0.15) is 0 Å². The minimum absolute atomic E-state index is 0. The van der Waals surface area contributed by atoms with Gasteiger partial charge in [0.25, 0.3) is 0 Å². The minimum Gasteiger partial charge on any atom is -0.512 e. The summed E-state index contributed by atoms with van der Waals surface area (Å²) in [5, 5.41) is 30.5. The molecule has 10 nitrogen and oxygen atoms in total. The molecule has 0 saturated heterocycles. The zero-order valence-electron chi connectivity index (χ0n) is 24.0. The molecule has 0 aliphatic carbocycles. The largest absolute Gasteiger partial charge is 0.512 e. The van der Waals surface area contributed by atoms with Crippen LogP contribution in [0, 0.1) is 0 Å². The maximum absolute atomic E-state index is 9.66. The Morgan fingerprint density at radius 2 is 0.923 bits per heavy atom. The molecule has 2 rings (SSSR count). The normalized spacial score (nSPS) is 10.0. The number of hydrogen-bond acceptors (Lipinski definition) is 6. The first-order valence-electron chi connectivity index (χ1n) is 11.6. The minimum atomic E-state index is -0.0269. The SMILES string of the molecule is CC[OH2+].CC[OH2+].COc1ccc(C(=[OH+])/C=C(/C)O)cc1OC.COc1ccc(C(=[OH+])/C=C(/C)O)cc1OC.[Ti]. The fourth-order valence-corrected chi connectivity index (χ4v) is 2.55. The Balaban J connectivity index is -0.000000541. The van der Waals surface area contributed by atoms with E-state index in [2.05, 4.69) is 0 Å². The number of ketones is 2. The van der Waals surface area contributed by atoms with Gasteiger partial charge in [-0.05, 0) is 38.1 Å². The molecule has 0 radical (unpaired) electrons.